The van der Waals surface area contributed by atoms with Crippen LogP contribution in [0, 0.1) is 12.8 Å². The van der Waals surface area contributed by atoms with Crippen molar-refractivity contribution in [1.82, 2.24) is 5.32 Å². The molecule has 1 aliphatic rings. The van der Waals surface area contributed by atoms with Crippen molar-refractivity contribution in [2.45, 2.75) is 19.4 Å². The van der Waals surface area contributed by atoms with Crippen LogP contribution >= 0.6 is 0 Å². The smallest absolute Gasteiger partial charge is 0.0221 e. The van der Waals surface area contributed by atoms with Gasteiger partial charge in [-0.15, -0.1) is 0 Å². The van der Waals surface area contributed by atoms with Crippen molar-refractivity contribution in [2.75, 3.05) is 6.54 Å². The lowest BCUT2D eigenvalue weighted by atomic mass is 10.1. The van der Waals surface area contributed by atoms with Gasteiger partial charge in [0.15, 0.2) is 0 Å². The molecule has 1 radical (unpaired) electrons. The van der Waals surface area contributed by atoms with Crippen LogP contribution in [0.3, 0.4) is 0 Å². The molecule has 1 heterocycles. The molecule has 1 N–H and O–H groups in total. The van der Waals surface area contributed by atoms with Crippen molar-refractivity contribution >= 4 is 0 Å². The largest absolute Gasteiger partial charge is 0.311 e. The molecule has 1 heteroatoms. The molecular weight excluding hydrogens is 86.1 g/mol. The van der Waals surface area contributed by atoms with Gasteiger partial charge in [0.25, 0.3) is 0 Å². The summed E-state index contributed by atoms with van der Waals surface area (Å²) in [4.78, 5) is 0. The summed E-state index contributed by atoms with van der Waals surface area (Å²) in [6.45, 7) is 7.33. The zero-order valence-corrected chi connectivity index (χ0v) is 4.78. The van der Waals surface area contributed by atoms with Gasteiger partial charge >= 0.3 is 0 Å². The maximum atomic E-state index is 3.96. The van der Waals surface area contributed by atoms with Gasteiger partial charge in [0.1, 0.15) is 0 Å². The summed E-state index contributed by atoms with van der Waals surface area (Å²) >= 11 is 0. The van der Waals surface area contributed by atoms with E-state index >= 15 is 0 Å². The highest BCUT2D eigenvalue weighted by Gasteiger charge is 2.24. The normalized spacial score (nSPS) is 32.6. The Bertz CT molecular complexity index is 57.2. The predicted molar refractivity (Wildman–Crippen MR) is 30.9 cm³/mol. The van der Waals surface area contributed by atoms with Crippen molar-refractivity contribution in [2.24, 2.45) is 5.92 Å². The van der Waals surface area contributed by atoms with Gasteiger partial charge < -0.3 is 5.32 Å². The topological polar surface area (TPSA) is 21.9 Å². The van der Waals surface area contributed by atoms with Crippen LogP contribution in [-0.4, -0.2) is 12.6 Å². The molecule has 1 fully saturated rings. The summed E-state index contributed by atoms with van der Waals surface area (Å²) in [7, 11) is 0. The van der Waals surface area contributed by atoms with Gasteiger partial charge in [-0.3, -0.25) is 0 Å². The van der Waals surface area contributed by atoms with Gasteiger partial charge in [-0.1, -0.05) is 13.3 Å². The number of nitrogens with one attached hydrogen (secondary N) is 1. The molecule has 2 unspecified atom stereocenters. The first-order valence-corrected chi connectivity index (χ1v) is 2.91. The molecule has 1 rings (SSSR count). The van der Waals surface area contributed by atoms with Gasteiger partial charge in [0.2, 0.25) is 0 Å². The molecule has 0 aromatic carbocycles. The SMILES string of the molecule is [CH2]C(CC)C1CN1. The second-order valence-electron chi connectivity index (χ2n) is 2.18. The molecule has 0 amide bonds. The first-order chi connectivity index (χ1) is 3.34. The fourth-order valence-corrected chi connectivity index (χ4v) is 0.686. The Kier molecular flexibility index (Phi) is 1.33. The highest BCUT2D eigenvalue weighted by Crippen LogP contribution is 2.13. The van der Waals surface area contributed by atoms with Crippen LogP contribution in [0.1, 0.15) is 13.3 Å². The summed E-state index contributed by atoms with van der Waals surface area (Å²) in [5.41, 5.74) is 0. The lowest BCUT2D eigenvalue weighted by Gasteiger charge is -2.00. The molecule has 0 saturated carbocycles. The van der Waals surface area contributed by atoms with Crippen molar-refractivity contribution < 1.29 is 0 Å². The molecule has 2 atom stereocenters. The molecule has 0 aromatic rings. The van der Waals surface area contributed by atoms with Gasteiger partial charge in [-0.2, -0.15) is 0 Å². The molecule has 0 spiro atoms. The third kappa shape index (κ3) is 1.16. The Labute approximate surface area is 45.1 Å². The Hall–Kier alpha value is -0.0400. The number of rotatable bonds is 2. The monoisotopic (exact) mass is 98.1 g/mol. The number of hydrogen-bond acceptors (Lipinski definition) is 1. The van der Waals surface area contributed by atoms with Crippen LogP contribution < -0.4 is 5.32 Å². The third-order valence-corrected chi connectivity index (χ3v) is 1.53. The molecular formula is C6H12N. The van der Waals surface area contributed by atoms with Crippen LogP contribution in [0.2, 0.25) is 0 Å². The molecule has 0 aliphatic carbocycles. The molecule has 41 valence electrons. The van der Waals surface area contributed by atoms with E-state index in [4.69, 9.17) is 0 Å². The van der Waals surface area contributed by atoms with Crippen molar-refractivity contribution in [3.05, 3.63) is 6.92 Å². The van der Waals surface area contributed by atoms with Crippen LogP contribution in [-0.2, 0) is 0 Å². The second-order valence-corrected chi connectivity index (χ2v) is 2.18. The zero-order valence-electron chi connectivity index (χ0n) is 4.78. The fraction of sp³-hybridized carbons (Fsp3) is 0.833. The molecule has 1 aliphatic heterocycles. The maximum Gasteiger partial charge on any atom is 0.0221 e. The summed E-state index contributed by atoms with van der Waals surface area (Å²) < 4.78 is 0. The molecule has 1 saturated heterocycles. The van der Waals surface area contributed by atoms with E-state index in [0.717, 1.165) is 6.04 Å². The average Bonchev–Trinajstić information content (AvgIpc) is 2.44. The fourth-order valence-electron chi connectivity index (χ4n) is 0.686. The predicted octanol–water partition coefficient (Wildman–Crippen LogP) is 0.818. The second kappa shape index (κ2) is 1.83. The minimum atomic E-state index is 0.653. The summed E-state index contributed by atoms with van der Waals surface area (Å²) in [6.07, 6.45) is 1.21. The standard InChI is InChI=1S/C6H12N/c1-3-5(2)6-4-7-6/h5-7H,2-4H2,1H3. The number of hydrogen-bond donors (Lipinski definition) is 1. The summed E-state index contributed by atoms with van der Waals surface area (Å²) in [6, 6.07) is 0.755. The first kappa shape index (κ1) is 5.10. The van der Waals surface area contributed by atoms with Gasteiger partial charge in [0.05, 0.1) is 0 Å². The van der Waals surface area contributed by atoms with Crippen molar-refractivity contribution in [3.8, 4) is 0 Å². The lowest BCUT2D eigenvalue weighted by Crippen LogP contribution is -2.03. The van der Waals surface area contributed by atoms with E-state index in [1.807, 2.05) is 0 Å². The lowest BCUT2D eigenvalue weighted by molar-refractivity contribution is 0.608. The van der Waals surface area contributed by atoms with E-state index in [1.54, 1.807) is 0 Å². The molecule has 0 aromatic heterocycles. The van der Waals surface area contributed by atoms with Crippen molar-refractivity contribution in [3.63, 3.8) is 0 Å². The van der Waals surface area contributed by atoms with E-state index in [-0.39, 0.29) is 0 Å². The summed E-state index contributed by atoms with van der Waals surface area (Å²) in [5, 5.41) is 3.22. The molecule has 0 bridgehead atoms. The zero-order chi connectivity index (χ0) is 5.28. The minimum Gasteiger partial charge on any atom is -0.311 e. The minimum absolute atomic E-state index is 0.653. The van der Waals surface area contributed by atoms with E-state index in [2.05, 4.69) is 19.2 Å². The van der Waals surface area contributed by atoms with Gasteiger partial charge in [-0.25, -0.2) is 0 Å². The Morgan fingerprint density at radius 2 is 2.57 bits per heavy atom. The summed E-state index contributed by atoms with van der Waals surface area (Å²) in [5.74, 6) is 0.653. The Balaban J connectivity index is 2.10. The maximum absolute atomic E-state index is 3.96. The quantitative estimate of drug-likeness (QED) is 0.507. The molecule has 7 heavy (non-hydrogen) atoms. The van der Waals surface area contributed by atoms with Crippen LogP contribution in [0.15, 0.2) is 0 Å². The third-order valence-electron chi connectivity index (χ3n) is 1.53. The van der Waals surface area contributed by atoms with Gasteiger partial charge in [-0.05, 0) is 12.8 Å². The average molecular weight is 98.2 g/mol. The Morgan fingerprint density at radius 3 is 2.71 bits per heavy atom. The van der Waals surface area contributed by atoms with Gasteiger partial charge in [0, 0.05) is 12.6 Å². The first-order valence-electron chi connectivity index (χ1n) is 2.91. The Morgan fingerprint density at radius 1 is 2.00 bits per heavy atom. The van der Waals surface area contributed by atoms with E-state index in [1.165, 1.54) is 13.0 Å². The van der Waals surface area contributed by atoms with E-state index in [0.29, 0.717) is 5.92 Å². The van der Waals surface area contributed by atoms with E-state index < -0.39 is 0 Å². The van der Waals surface area contributed by atoms with Crippen LogP contribution in [0.5, 0.6) is 0 Å². The van der Waals surface area contributed by atoms with Crippen LogP contribution in [0.25, 0.3) is 0 Å². The highest BCUT2D eigenvalue weighted by atomic mass is 15.1. The highest BCUT2D eigenvalue weighted by molar-refractivity contribution is 4.90. The van der Waals surface area contributed by atoms with Crippen molar-refractivity contribution in [1.29, 1.82) is 0 Å². The van der Waals surface area contributed by atoms with E-state index in [9.17, 15) is 0 Å². The molecule has 1 nitrogen and oxygen atoms in total. The van der Waals surface area contributed by atoms with Crippen LogP contribution in [0.4, 0.5) is 0 Å².